The molecule has 0 unspecified atom stereocenters. The lowest BCUT2D eigenvalue weighted by atomic mass is 9.91. The van der Waals surface area contributed by atoms with E-state index in [9.17, 15) is 9.18 Å². The highest BCUT2D eigenvalue weighted by atomic mass is 79.9. The molecule has 1 amide bonds. The minimum absolute atomic E-state index is 0.0472. The van der Waals surface area contributed by atoms with Crippen LogP contribution in [-0.2, 0) is 11.3 Å². The van der Waals surface area contributed by atoms with E-state index in [-0.39, 0.29) is 11.7 Å². The first kappa shape index (κ1) is 15.4. The monoisotopic (exact) mass is 342 g/mol. The van der Waals surface area contributed by atoms with Crippen molar-refractivity contribution in [3.63, 3.8) is 0 Å². The van der Waals surface area contributed by atoms with Gasteiger partial charge < -0.3 is 10.6 Å². The second-order valence-electron chi connectivity index (χ2n) is 5.41. The minimum Gasteiger partial charge on any atom is -0.354 e. The molecule has 3 nitrogen and oxygen atoms in total. The zero-order valence-corrected chi connectivity index (χ0v) is 13.2. The van der Waals surface area contributed by atoms with Crippen molar-refractivity contribution >= 4 is 21.8 Å². The van der Waals surface area contributed by atoms with Crippen LogP contribution in [0.4, 0.5) is 4.39 Å². The summed E-state index contributed by atoms with van der Waals surface area (Å²) in [5.74, 6) is -0.170. The molecule has 1 fully saturated rings. The average Bonchev–Trinajstić information content (AvgIpc) is 2.36. The molecule has 1 saturated carbocycles. The number of halogens is 2. The summed E-state index contributed by atoms with van der Waals surface area (Å²) in [4.78, 5) is 11.0. The minimum atomic E-state index is -0.217. The number of benzene rings is 1. The quantitative estimate of drug-likeness (QED) is 0.882. The van der Waals surface area contributed by atoms with Crippen molar-refractivity contribution in [2.24, 2.45) is 0 Å². The van der Waals surface area contributed by atoms with Crippen LogP contribution in [0.5, 0.6) is 0 Å². The second-order valence-corrected chi connectivity index (χ2v) is 6.32. The Morgan fingerprint density at radius 2 is 1.90 bits per heavy atom. The first-order valence-corrected chi connectivity index (χ1v) is 7.77. The maximum absolute atomic E-state index is 13.3. The van der Waals surface area contributed by atoms with E-state index in [4.69, 9.17) is 0 Å². The summed E-state index contributed by atoms with van der Waals surface area (Å²) in [6.45, 7) is 2.23. The molecule has 1 aliphatic carbocycles. The van der Waals surface area contributed by atoms with Crippen molar-refractivity contribution in [3.8, 4) is 0 Å². The van der Waals surface area contributed by atoms with E-state index in [1.165, 1.54) is 6.07 Å². The zero-order chi connectivity index (χ0) is 14.5. The van der Waals surface area contributed by atoms with Crippen molar-refractivity contribution in [2.45, 2.75) is 51.2 Å². The van der Waals surface area contributed by atoms with Crippen LogP contribution in [-0.4, -0.2) is 18.0 Å². The van der Waals surface area contributed by atoms with Crippen LogP contribution in [0.3, 0.4) is 0 Å². The lowest BCUT2D eigenvalue weighted by Gasteiger charge is -2.29. The fourth-order valence-corrected chi connectivity index (χ4v) is 3.22. The second kappa shape index (κ2) is 7.18. The van der Waals surface area contributed by atoms with Crippen LogP contribution in [0, 0.1) is 5.82 Å². The lowest BCUT2D eigenvalue weighted by Crippen LogP contribution is -2.41. The van der Waals surface area contributed by atoms with Crippen LogP contribution in [0.2, 0.25) is 0 Å². The van der Waals surface area contributed by atoms with Gasteiger partial charge in [0.2, 0.25) is 5.91 Å². The van der Waals surface area contributed by atoms with Gasteiger partial charge >= 0.3 is 0 Å². The molecule has 1 aliphatic rings. The number of hydrogen-bond donors (Lipinski definition) is 2. The van der Waals surface area contributed by atoms with Crippen LogP contribution in [0.1, 0.15) is 38.2 Å². The van der Waals surface area contributed by atoms with E-state index in [1.807, 2.05) is 6.07 Å². The van der Waals surface area contributed by atoms with E-state index >= 15 is 0 Å². The third kappa shape index (κ3) is 4.87. The molecule has 0 radical (unpaired) electrons. The van der Waals surface area contributed by atoms with E-state index < -0.39 is 0 Å². The molecule has 0 saturated heterocycles. The number of carbonyl (C=O) groups excluding carboxylic acids is 1. The Morgan fingerprint density at radius 1 is 1.25 bits per heavy atom. The third-order valence-corrected chi connectivity index (χ3v) is 4.11. The van der Waals surface area contributed by atoms with Crippen molar-refractivity contribution < 1.29 is 9.18 Å². The van der Waals surface area contributed by atoms with Gasteiger partial charge in [-0.05, 0) is 49.4 Å². The Hall–Kier alpha value is -0.940. The van der Waals surface area contributed by atoms with Gasteiger partial charge in [0.05, 0.1) is 0 Å². The fourth-order valence-electron chi connectivity index (χ4n) is 2.70. The molecular formula is C15H20BrFN2O. The Bertz CT molecular complexity index is 453. The molecule has 1 aromatic rings. The molecule has 0 atom stereocenters. The predicted molar refractivity (Wildman–Crippen MR) is 80.8 cm³/mol. The molecule has 5 heteroatoms. The highest BCUT2D eigenvalue weighted by Gasteiger charge is 2.21. The van der Waals surface area contributed by atoms with Crippen molar-refractivity contribution in [1.29, 1.82) is 0 Å². The molecule has 0 heterocycles. The van der Waals surface area contributed by atoms with Gasteiger partial charge in [0.15, 0.2) is 0 Å². The summed E-state index contributed by atoms with van der Waals surface area (Å²) in [7, 11) is 0. The number of amides is 1. The Kier molecular flexibility index (Phi) is 5.54. The Balaban J connectivity index is 1.77. The van der Waals surface area contributed by atoms with E-state index in [0.717, 1.165) is 35.7 Å². The predicted octanol–water partition coefficient (Wildman–Crippen LogP) is 3.13. The summed E-state index contributed by atoms with van der Waals surface area (Å²) in [5, 5.41) is 6.43. The standard InChI is InChI=1S/C15H20BrFN2O/c1-10(20)19-15-4-2-14(3-5-15)18-9-11-6-12(16)8-13(17)7-11/h6-8,14-15,18H,2-5,9H2,1H3,(H,19,20). The highest BCUT2D eigenvalue weighted by Crippen LogP contribution is 2.20. The summed E-state index contributed by atoms with van der Waals surface area (Å²) < 4.78 is 14.0. The Morgan fingerprint density at radius 3 is 2.50 bits per heavy atom. The maximum Gasteiger partial charge on any atom is 0.217 e. The molecule has 1 aromatic carbocycles. The largest absolute Gasteiger partial charge is 0.354 e. The first-order valence-electron chi connectivity index (χ1n) is 6.98. The maximum atomic E-state index is 13.3. The summed E-state index contributed by atoms with van der Waals surface area (Å²) in [6.07, 6.45) is 4.09. The van der Waals surface area contributed by atoms with Crippen molar-refractivity contribution in [1.82, 2.24) is 10.6 Å². The SMILES string of the molecule is CC(=O)NC1CCC(NCc2cc(F)cc(Br)c2)CC1. The van der Waals surface area contributed by atoms with Gasteiger partial charge in [-0.1, -0.05) is 15.9 Å². The summed E-state index contributed by atoms with van der Waals surface area (Å²) in [5.41, 5.74) is 0.945. The molecule has 2 N–H and O–H groups in total. The molecule has 110 valence electrons. The number of nitrogens with one attached hydrogen (secondary N) is 2. The molecule has 2 rings (SSSR count). The van der Waals surface area contributed by atoms with Crippen LogP contribution < -0.4 is 10.6 Å². The Labute approximate surface area is 127 Å². The molecule has 0 bridgehead atoms. The van der Waals surface area contributed by atoms with Crippen LogP contribution in [0.25, 0.3) is 0 Å². The first-order chi connectivity index (χ1) is 9.52. The van der Waals surface area contributed by atoms with Gasteiger partial charge in [-0.25, -0.2) is 4.39 Å². The molecule has 0 spiro atoms. The fraction of sp³-hybridized carbons (Fsp3) is 0.533. The molecule has 0 aromatic heterocycles. The molecule has 0 aliphatic heterocycles. The van der Waals surface area contributed by atoms with Gasteiger partial charge in [-0.3, -0.25) is 4.79 Å². The van der Waals surface area contributed by atoms with Gasteiger partial charge in [-0.15, -0.1) is 0 Å². The van der Waals surface area contributed by atoms with Crippen LogP contribution in [0.15, 0.2) is 22.7 Å². The summed E-state index contributed by atoms with van der Waals surface area (Å²) >= 11 is 3.30. The lowest BCUT2D eigenvalue weighted by molar-refractivity contribution is -0.119. The highest BCUT2D eigenvalue weighted by molar-refractivity contribution is 9.10. The topological polar surface area (TPSA) is 41.1 Å². The van der Waals surface area contributed by atoms with Crippen molar-refractivity contribution in [2.75, 3.05) is 0 Å². The van der Waals surface area contributed by atoms with E-state index in [1.54, 1.807) is 13.0 Å². The normalized spacial score (nSPS) is 22.6. The van der Waals surface area contributed by atoms with E-state index in [0.29, 0.717) is 18.6 Å². The van der Waals surface area contributed by atoms with Gasteiger partial charge in [0.25, 0.3) is 0 Å². The van der Waals surface area contributed by atoms with E-state index in [2.05, 4.69) is 26.6 Å². The number of hydrogen-bond acceptors (Lipinski definition) is 2. The molecular weight excluding hydrogens is 323 g/mol. The number of rotatable bonds is 4. The van der Waals surface area contributed by atoms with Gasteiger partial charge in [-0.2, -0.15) is 0 Å². The zero-order valence-electron chi connectivity index (χ0n) is 11.6. The van der Waals surface area contributed by atoms with Crippen molar-refractivity contribution in [3.05, 3.63) is 34.1 Å². The smallest absolute Gasteiger partial charge is 0.217 e. The summed E-state index contributed by atoms with van der Waals surface area (Å²) in [6, 6.07) is 5.71. The van der Waals surface area contributed by atoms with Gasteiger partial charge in [0, 0.05) is 30.0 Å². The third-order valence-electron chi connectivity index (χ3n) is 3.65. The van der Waals surface area contributed by atoms with Crippen LogP contribution >= 0.6 is 15.9 Å². The van der Waals surface area contributed by atoms with Gasteiger partial charge in [0.1, 0.15) is 5.82 Å². The molecule has 20 heavy (non-hydrogen) atoms. The average molecular weight is 343 g/mol. The number of carbonyl (C=O) groups is 1.